The smallest absolute Gasteiger partial charge is 0.280 e. The van der Waals surface area contributed by atoms with E-state index in [0.29, 0.717) is 10.9 Å². The minimum atomic E-state index is -0.879. The lowest BCUT2D eigenvalue weighted by atomic mass is 10.2. The van der Waals surface area contributed by atoms with Gasteiger partial charge in [0, 0.05) is 12.5 Å². The zero-order valence-corrected chi connectivity index (χ0v) is 16.9. The van der Waals surface area contributed by atoms with Crippen molar-refractivity contribution < 1.29 is 19.2 Å². The molecule has 0 aliphatic carbocycles. The van der Waals surface area contributed by atoms with E-state index in [1.165, 1.54) is 19.2 Å². The maximum absolute atomic E-state index is 13.0. The molecule has 0 spiro atoms. The van der Waals surface area contributed by atoms with Gasteiger partial charge in [0.2, 0.25) is 11.8 Å². The lowest BCUT2D eigenvalue weighted by Gasteiger charge is -2.18. The second-order valence-corrected chi connectivity index (χ2v) is 7.75. The van der Waals surface area contributed by atoms with Crippen LogP contribution in [0, 0.1) is 10.1 Å². The summed E-state index contributed by atoms with van der Waals surface area (Å²) in [6.07, 6.45) is -0.160. The van der Waals surface area contributed by atoms with Gasteiger partial charge in [-0.05, 0) is 18.2 Å². The first-order valence-corrected chi connectivity index (χ1v) is 9.82. The summed E-state index contributed by atoms with van der Waals surface area (Å²) < 4.78 is 5.99. The van der Waals surface area contributed by atoms with Crippen molar-refractivity contribution in [3.63, 3.8) is 0 Å². The van der Waals surface area contributed by atoms with Gasteiger partial charge in [-0.15, -0.1) is 0 Å². The van der Waals surface area contributed by atoms with Crippen LogP contribution in [-0.4, -0.2) is 38.8 Å². The third-order valence-corrected chi connectivity index (χ3v) is 5.89. The largest absolute Gasteiger partial charge is 0.494 e. The summed E-state index contributed by atoms with van der Waals surface area (Å²) in [6.45, 7) is 0. The van der Waals surface area contributed by atoms with Gasteiger partial charge < -0.3 is 10.6 Å². The number of rotatable bonds is 5. The third-order valence-electron chi connectivity index (χ3n) is 4.74. The molecule has 2 aromatic carbocycles. The number of nitrogens with zero attached hydrogens (tertiary/aromatic N) is 4. The van der Waals surface area contributed by atoms with Crippen LogP contribution in [0.15, 0.2) is 52.4 Å². The van der Waals surface area contributed by atoms with Crippen LogP contribution in [0.2, 0.25) is 0 Å². The van der Waals surface area contributed by atoms with E-state index in [-0.39, 0.29) is 28.7 Å². The number of anilines is 1. The molecule has 2 heterocycles. The standard InChI is InChI=1S/C19H15N5O6S/c1-30-14-8-10(24(28)29)6-7-13(14)22-16(25)9-15(18(22)27)31-19-21-12-5-3-2-4-11(12)17(26)23(19)20/h2-8,15H,9,20H2,1H3. The maximum Gasteiger partial charge on any atom is 0.280 e. The van der Waals surface area contributed by atoms with Crippen LogP contribution < -0.4 is 21.0 Å². The van der Waals surface area contributed by atoms with Crippen molar-refractivity contribution in [2.75, 3.05) is 17.9 Å². The number of thioether (sulfide) groups is 1. The lowest BCUT2D eigenvalue weighted by molar-refractivity contribution is -0.384. The van der Waals surface area contributed by atoms with Crippen molar-refractivity contribution in [1.82, 2.24) is 9.66 Å². The van der Waals surface area contributed by atoms with Crippen LogP contribution in [0.5, 0.6) is 5.75 Å². The van der Waals surface area contributed by atoms with Gasteiger partial charge in [-0.3, -0.25) is 24.5 Å². The molecule has 1 fully saturated rings. The Balaban J connectivity index is 1.67. The van der Waals surface area contributed by atoms with Gasteiger partial charge in [-0.2, -0.15) is 0 Å². The maximum atomic E-state index is 13.0. The quantitative estimate of drug-likeness (QED) is 0.204. The van der Waals surface area contributed by atoms with Crippen molar-refractivity contribution in [2.45, 2.75) is 16.8 Å². The van der Waals surface area contributed by atoms with Gasteiger partial charge in [-0.1, -0.05) is 23.9 Å². The number of methoxy groups -OCH3 is 1. The summed E-state index contributed by atoms with van der Waals surface area (Å²) in [7, 11) is 1.28. The van der Waals surface area contributed by atoms with Gasteiger partial charge in [-0.25, -0.2) is 14.6 Å². The Kier molecular flexibility index (Phi) is 5.07. The third kappa shape index (κ3) is 3.46. The zero-order chi connectivity index (χ0) is 22.3. The molecule has 0 radical (unpaired) electrons. The van der Waals surface area contributed by atoms with Crippen molar-refractivity contribution in [2.24, 2.45) is 0 Å². The van der Waals surface area contributed by atoms with E-state index in [0.717, 1.165) is 27.4 Å². The molecule has 0 saturated carbocycles. The van der Waals surface area contributed by atoms with E-state index in [1.54, 1.807) is 24.3 Å². The summed E-state index contributed by atoms with van der Waals surface area (Å²) in [6, 6.07) is 10.3. The number of nitrogen functional groups attached to an aromatic ring is 1. The number of benzene rings is 2. The fourth-order valence-corrected chi connectivity index (χ4v) is 4.28. The number of ether oxygens (including phenoxy) is 1. The summed E-state index contributed by atoms with van der Waals surface area (Å²) in [5, 5.41) is 10.5. The first-order valence-electron chi connectivity index (χ1n) is 8.94. The van der Waals surface area contributed by atoms with Crippen LogP contribution >= 0.6 is 11.8 Å². The Morgan fingerprint density at radius 2 is 1.97 bits per heavy atom. The second kappa shape index (κ2) is 7.72. The van der Waals surface area contributed by atoms with Gasteiger partial charge in [0.1, 0.15) is 11.0 Å². The number of para-hydroxylation sites is 1. The molecular formula is C19H15N5O6S. The van der Waals surface area contributed by atoms with Crippen molar-refractivity contribution in [3.05, 3.63) is 62.9 Å². The summed E-state index contributed by atoms with van der Waals surface area (Å²) in [4.78, 5) is 53.7. The van der Waals surface area contributed by atoms with Crippen LogP contribution in [0.3, 0.4) is 0 Å². The monoisotopic (exact) mass is 441 g/mol. The molecule has 31 heavy (non-hydrogen) atoms. The molecule has 2 amide bonds. The Hall–Kier alpha value is -3.93. The number of carbonyl (C=O) groups is 2. The van der Waals surface area contributed by atoms with Crippen LogP contribution in [0.1, 0.15) is 6.42 Å². The van der Waals surface area contributed by atoms with Gasteiger partial charge in [0.05, 0.1) is 34.7 Å². The molecule has 2 N–H and O–H groups in total. The average molecular weight is 441 g/mol. The molecule has 1 aromatic heterocycles. The number of aromatic nitrogens is 2. The van der Waals surface area contributed by atoms with E-state index in [1.807, 2.05) is 0 Å². The average Bonchev–Trinajstić information content (AvgIpc) is 3.04. The number of amides is 2. The highest BCUT2D eigenvalue weighted by atomic mass is 32.2. The topological polar surface area (TPSA) is 151 Å². The first kappa shape index (κ1) is 20.3. The minimum Gasteiger partial charge on any atom is -0.494 e. The molecule has 1 atom stereocenters. The highest BCUT2D eigenvalue weighted by Crippen LogP contribution is 2.38. The number of carbonyl (C=O) groups excluding carboxylic acids is 2. The Bertz CT molecular complexity index is 1310. The number of fused-ring (bicyclic) bond motifs is 1. The highest BCUT2D eigenvalue weighted by Gasteiger charge is 2.42. The number of hydrogen-bond acceptors (Lipinski definition) is 9. The molecule has 158 valence electrons. The molecule has 0 bridgehead atoms. The van der Waals surface area contributed by atoms with E-state index in [9.17, 15) is 24.5 Å². The van der Waals surface area contributed by atoms with Crippen LogP contribution in [0.25, 0.3) is 10.9 Å². The Labute approximate surface area is 178 Å². The molecule has 1 unspecified atom stereocenters. The zero-order valence-electron chi connectivity index (χ0n) is 16.0. The molecule has 3 aromatic rings. The molecular weight excluding hydrogens is 426 g/mol. The predicted molar refractivity (Wildman–Crippen MR) is 113 cm³/mol. The van der Waals surface area contributed by atoms with E-state index < -0.39 is 27.5 Å². The Morgan fingerprint density at radius 1 is 1.23 bits per heavy atom. The predicted octanol–water partition coefficient (Wildman–Crippen LogP) is 1.45. The number of nitro benzene ring substituents is 1. The second-order valence-electron chi connectivity index (χ2n) is 6.58. The number of nitro groups is 1. The lowest BCUT2D eigenvalue weighted by Crippen LogP contribution is -2.33. The first-order chi connectivity index (χ1) is 14.8. The van der Waals surface area contributed by atoms with Gasteiger partial charge in [0.15, 0.2) is 5.16 Å². The number of hydrogen-bond donors (Lipinski definition) is 1. The molecule has 11 nitrogen and oxygen atoms in total. The SMILES string of the molecule is COc1cc([N+](=O)[O-])ccc1N1C(=O)CC(Sc2nc3ccccc3c(=O)n2N)C1=O. The van der Waals surface area contributed by atoms with Crippen molar-refractivity contribution >= 4 is 45.9 Å². The number of non-ortho nitro benzene ring substituents is 1. The van der Waals surface area contributed by atoms with Crippen LogP contribution in [0.4, 0.5) is 11.4 Å². The fourth-order valence-electron chi connectivity index (χ4n) is 3.25. The molecule has 1 aliphatic heterocycles. The Morgan fingerprint density at radius 3 is 2.68 bits per heavy atom. The summed E-state index contributed by atoms with van der Waals surface area (Å²) >= 11 is 0.904. The number of nitrogens with two attached hydrogens (primary N) is 1. The van der Waals surface area contributed by atoms with Gasteiger partial charge >= 0.3 is 0 Å². The van der Waals surface area contributed by atoms with E-state index in [2.05, 4.69) is 4.98 Å². The van der Waals surface area contributed by atoms with E-state index >= 15 is 0 Å². The summed E-state index contributed by atoms with van der Waals surface area (Å²) in [5.74, 6) is 4.81. The minimum absolute atomic E-state index is 0.0149. The molecule has 12 heteroatoms. The van der Waals surface area contributed by atoms with Crippen molar-refractivity contribution in [3.8, 4) is 5.75 Å². The fraction of sp³-hybridized carbons (Fsp3) is 0.158. The molecule has 4 rings (SSSR count). The van der Waals surface area contributed by atoms with Crippen molar-refractivity contribution in [1.29, 1.82) is 0 Å². The molecule has 1 aliphatic rings. The number of imide groups is 1. The van der Waals surface area contributed by atoms with Crippen LogP contribution in [-0.2, 0) is 9.59 Å². The van der Waals surface area contributed by atoms with E-state index in [4.69, 9.17) is 10.6 Å². The molecule has 1 saturated heterocycles. The highest BCUT2D eigenvalue weighted by molar-refractivity contribution is 8.00. The van der Waals surface area contributed by atoms with Gasteiger partial charge in [0.25, 0.3) is 11.2 Å². The summed E-state index contributed by atoms with van der Waals surface area (Å²) in [5.41, 5.74) is -0.193. The normalized spacial score (nSPS) is 16.2.